The van der Waals surface area contributed by atoms with E-state index in [0.717, 1.165) is 25.2 Å². The number of hydrogen-bond acceptors (Lipinski definition) is 3. The molecule has 2 N–H and O–H groups in total. The molecule has 1 aliphatic rings. The molecule has 0 bridgehead atoms. The van der Waals surface area contributed by atoms with Gasteiger partial charge in [0.1, 0.15) is 0 Å². The zero-order valence-corrected chi connectivity index (χ0v) is 8.81. The van der Waals surface area contributed by atoms with Crippen molar-refractivity contribution in [1.29, 1.82) is 0 Å². The van der Waals surface area contributed by atoms with Gasteiger partial charge in [0.05, 0.1) is 6.61 Å². The Bertz CT molecular complexity index is 119. The van der Waals surface area contributed by atoms with Crippen molar-refractivity contribution in [1.82, 2.24) is 10.6 Å². The van der Waals surface area contributed by atoms with Gasteiger partial charge in [-0.3, -0.25) is 0 Å². The maximum Gasteiger partial charge on any atom is 0.0587 e. The van der Waals surface area contributed by atoms with Crippen molar-refractivity contribution >= 4 is 0 Å². The minimum absolute atomic E-state index is 0.722. The Hall–Kier alpha value is -0.120. The van der Waals surface area contributed by atoms with Crippen LogP contribution in [0.1, 0.15) is 25.7 Å². The van der Waals surface area contributed by atoms with Gasteiger partial charge in [0, 0.05) is 25.7 Å². The standard InChI is InChI=1S/C10H22N2O/c1-11-9-3-5-10(6-4-9)12-7-8-13-2/h9-12H,3-8H2,1-2H3. The van der Waals surface area contributed by atoms with Crippen molar-refractivity contribution in [2.45, 2.75) is 37.8 Å². The van der Waals surface area contributed by atoms with Crippen LogP contribution < -0.4 is 10.6 Å². The van der Waals surface area contributed by atoms with E-state index in [1.54, 1.807) is 7.11 Å². The summed E-state index contributed by atoms with van der Waals surface area (Å²) in [5.74, 6) is 0. The number of nitrogens with one attached hydrogen (secondary N) is 2. The lowest BCUT2D eigenvalue weighted by Gasteiger charge is -2.28. The molecule has 1 aliphatic carbocycles. The molecular formula is C10H22N2O. The van der Waals surface area contributed by atoms with Gasteiger partial charge in [0.25, 0.3) is 0 Å². The van der Waals surface area contributed by atoms with Gasteiger partial charge in [-0.05, 0) is 32.7 Å². The van der Waals surface area contributed by atoms with Crippen LogP contribution in [0, 0.1) is 0 Å². The maximum absolute atomic E-state index is 5.00. The summed E-state index contributed by atoms with van der Waals surface area (Å²) in [6.45, 7) is 1.82. The molecule has 0 aromatic rings. The molecule has 3 heteroatoms. The Balaban J connectivity index is 2.03. The number of hydrogen-bond donors (Lipinski definition) is 2. The third-order valence-electron chi connectivity index (χ3n) is 2.87. The fourth-order valence-corrected chi connectivity index (χ4v) is 1.95. The monoisotopic (exact) mass is 186 g/mol. The molecule has 0 heterocycles. The summed E-state index contributed by atoms with van der Waals surface area (Å²) in [6.07, 6.45) is 5.22. The fraction of sp³-hybridized carbons (Fsp3) is 1.00. The van der Waals surface area contributed by atoms with Crippen LogP contribution in [0.3, 0.4) is 0 Å². The Kier molecular flexibility index (Phi) is 5.35. The summed E-state index contributed by atoms with van der Waals surface area (Å²) in [4.78, 5) is 0. The molecule has 1 saturated carbocycles. The van der Waals surface area contributed by atoms with Crippen molar-refractivity contribution in [3.8, 4) is 0 Å². The quantitative estimate of drug-likeness (QED) is 0.622. The normalized spacial score (nSPS) is 29.1. The van der Waals surface area contributed by atoms with E-state index in [1.165, 1.54) is 25.7 Å². The molecule has 0 amide bonds. The second-order valence-corrected chi connectivity index (χ2v) is 3.78. The Morgan fingerprint density at radius 2 is 1.77 bits per heavy atom. The highest BCUT2D eigenvalue weighted by Crippen LogP contribution is 2.17. The summed E-state index contributed by atoms with van der Waals surface area (Å²) in [5, 5.41) is 6.85. The Labute approximate surface area is 81.2 Å². The lowest BCUT2D eigenvalue weighted by molar-refractivity contribution is 0.190. The van der Waals surface area contributed by atoms with Crippen LogP contribution in [0.25, 0.3) is 0 Å². The van der Waals surface area contributed by atoms with Crippen LogP contribution in [0.4, 0.5) is 0 Å². The second kappa shape index (κ2) is 6.35. The smallest absolute Gasteiger partial charge is 0.0587 e. The van der Waals surface area contributed by atoms with E-state index >= 15 is 0 Å². The maximum atomic E-state index is 5.00. The number of ether oxygens (including phenoxy) is 1. The first-order valence-electron chi connectivity index (χ1n) is 5.26. The predicted molar refractivity (Wildman–Crippen MR) is 55.0 cm³/mol. The van der Waals surface area contributed by atoms with Crippen LogP contribution in [0.5, 0.6) is 0 Å². The van der Waals surface area contributed by atoms with Crippen LogP contribution in [0.2, 0.25) is 0 Å². The zero-order valence-electron chi connectivity index (χ0n) is 8.81. The van der Waals surface area contributed by atoms with E-state index in [0.29, 0.717) is 0 Å². The molecule has 78 valence electrons. The predicted octanol–water partition coefficient (Wildman–Crippen LogP) is 0.753. The van der Waals surface area contributed by atoms with Gasteiger partial charge in [0.15, 0.2) is 0 Å². The lowest BCUT2D eigenvalue weighted by atomic mass is 9.91. The Morgan fingerprint density at radius 1 is 1.15 bits per heavy atom. The van der Waals surface area contributed by atoms with Crippen LogP contribution in [-0.4, -0.2) is 39.4 Å². The highest BCUT2D eigenvalue weighted by molar-refractivity contribution is 4.79. The van der Waals surface area contributed by atoms with Gasteiger partial charge < -0.3 is 15.4 Å². The molecule has 0 aromatic carbocycles. The molecule has 0 aromatic heterocycles. The molecule has 13 heavy (non-hydrogen) atoms. The molecular weight excluding hydrogens is 164 g/mol. The molecule has 0 spiro atoms. The molecule has 0 unspecified atom stereocenters. The van der Waals surface area contributed by atoms with Crippen molar-refractivity contribution < 1.29 is 4.74 Å². The number of methoxy groups -OCH3 is 1. The summed E-state index contributed by atoms with van der Waals surface area (Å²) in [7, 11) is 3.81. The average molecular weight is 186 g/mol. The summed E-state index contributed by atoms with van der Waals surface area (Å²) in [6, 6.07) is 1.47. The molecule has 0 aliphatic heterocycles. The van der Waals surface area contributed by atoms with Gasteiger partial charge in [-0.2, -0.15) is 0 Å². The first-order valence-corrected chi connectivity index (χ1v) is 5.26. The number of rotatable bonds is 5. The van der Waals surface area contributed by atoms with E-state index < -0.39 is 0 Å². The second-order valence-electron chi connectivity index (χ2n) is 3.78. The minimum atomic E-state index is 0.722. The van der Waals surface area contributed by atoms with Crippen LogP contribution >= 0.6 is 0 Å². The zero-order chi connectivity index (χ0) is 9.52. The third kappa shape index (κ3) is 4.07. The van der Waals surface area contributed by atoms with Crippen LogP contribution in [-0.2, 0) is 4.74 Å². The minimum Gasteiger partial charge on any atom is -0.383 e. The van der Waals surface area contributed by atoms with Crippen molar-refractivity contribution in [3.63, 3.8) is 0 Å². The molecule has 0 atom stereocenters. The topological polar surface area (TPSA) is 33.3 Å². The van der Waals surface area contributed by atoms with Crippen molar-refractivity contribution in [2.24, 2.45) is 0 Å². The largest absolute Gasteiger partial charge is 0.383 e. The lowest BCUT2D eigenvalue weighted by Crippen LogP contribution is -2.39. The van der Waals surface area contributed by atoms with Gasteiger partial charge in [-0.25, -0.2) is 0 Å². The van der Waals surface area contributed by atoms with Crippen molar-refractivity contribution in [2.75, 3.05) is 27.3 Å². The first-order chi connectivity index (χ1) is 6.36. The van der Waals surface area contributed by atoms with Gasteiger partial charge in [0.2, 0.25) is 0 Å². The molecule has 3 nitrogen and oxygen atoms in total. The van der Waals surface area contributed by atoms with E-state index in [-0.39, 0.29) is 0 Å². The summed E-state index contributed by atoms with van der Waals surface area (Å²) in [5.41, 5.74) is 0. The fourth-order valence-electron chi connectivity index (χ4n) is 1.95. The van der Waals surface area contributed by atoms with E-state index in [9.17, 15) is 0 Å². The van der Waals surface area contributed by atoms with E-state index in [1.807, 2.05) is 0 Å². The van der Waals surface area contributed by atoms with Gasteiger partial charge in [-0.1, -0.05) is 0 Å². The average Bonchev–Trinajstić information content (AvgIpc) is 2.19. The molecule has 1 fully saturated rings. The Morgan fingerprint density at radius 3 is 2.31 bits per heavy atom. The summed E-state index contributed by atoms with van der Waals surface area (Å²) < 4.78 is 5.00. The third-order valence-corrected chi connectivity index (χ3v) is 2.87. The highest BCUT2D eigenvalue weighted by atomic mass is 16.5. The van der Waals surface area contributed by atoms with Crippen LogP contribution in [0.15, 0.2) is 0 Å². The molecule has 0 saturated heterocycles. The van der Waals surface area contributed by atoms with E-state index in [4.69, 9.17) is 4.74 Å². The van der Waals surface area contributed by atoms with E-state index in [2.05, 4.69) is 17.7 Å². The highest BCUT2D eigenvalue weighted by Gasteiger charge is 2.18. The molecule has 1 rings (SSSR count). The molecule has 0 radical (unpaired) electrons. The first kappa shape index (κ1) is 11.0. The summed E-state index contributed by atoms with van der Waals surface area (Å²) >= 11 is 0. The SMILES string of the molecule is CNC1CCC(NCCOC)CC1. The van der Waals surface area contributed by atoms with Crippen molar-refractivity contribution in [3.05, 3.63) is 0 Å². The van der Waals surface area contributed by atoms with Gasteiger partial charge >= 0.3 is 0 Å². The van der Waals surface area contributed by atoms with Gasteiger partial charge in [-0.15, -0.1) is 0 Å².